The minimum absolute atomic E-state index is 0.0415. The molecule has 0 aromatic heterocycles. The van der Waals surface area contributed by atoms with E-state index in [9.17, 15) is 8.78 Å². The summed E-state index contributed by atoms with van der Waals surface area (Å²) in [4.78, 5) is 0. The van der Waals surface area contributed by atoms with Crippen LogP contribution in [0.5, 0.6) is 0 Å². The normalized spacial score (nSPS) is 18.8. The maximum Gasteiger partial charge on any atom is 0.238 e. The Labute approximate surface area is 64.9 Å². The van der Waals surface area contributed by atoms with Crippen LogP contribution in [-0.2, 0) is 4.74 Å². The lowest BCUT2D eigenvalue weighted by atomic mass is 10.2. The van der Waals surface area contributed by atoms with E-state index >= 15 is 0 Å². The molecule has 0 aliphatic carbocycles. The highest BCUT2D eigenvalue weighted by molar-refractivity contribution is 4.74. The number of hydrogen-bond acceptors (Lipinski definition) is 2. The molecular weight excluding hydrogens is 152 g/mol. The van der Waals surface area contributed by atoms with E-state index in [2.05, 4.69) is 5.32 Å². The van der Waals surface area contributed by atoms with Crippen molar-refractivity contribution < 1.29 is 13.5 Å². The Morgan fingerprint density at radius 3 is 2.64 bits per heavy atom. The Balaban J connectivity index is 1.80. The van der Waals surface area contributed by atoms with Crippen molar-refractivity contribution in [2.45, 2.75) is 25.4 Å². The minimum atomic E-state index is -2.18. The van der Waals surface area contributed by atoms with Crippen LogP contribution in [0.4, 0.5) is 8.78 Å². The van der Waals surface area contributed by atoms with Crippen LogP contribution in [0.2, 0.25) is 0 Å². The van der Waals surface area contributed by atoms with E-state index in [1.165, 1.54) is 0 Å². The molecule has 1 saturated heterocycles. The highest BCUT2D eigenvalue weighted by Crippen LogP contribution is 2.05. The fourth-order valence-electron chi connectivity index (χ4n) is 0.868. The third-order valence-corrected chi connectivity index (χ3v) is 1.66. The van der Waals surface area contributed by atoms with E-state index < -0.39 is 6.43 Å². The second kappa shape index (κ2) is 4.62. The molecule has 0 amide bonds. The van der Waals surface area contributed by atoms with Gasteiger partial charge in [-0.1, -0.05) is 0 Å². The van der Waals surface area contributed by atoms with Gasteiger partial charge in [-0.25, -0.2) is 8.78 Å². The van der Waals surface area contributed by atoms with Crippen molar-refractivity contribution in [3.05, 3.63) is 0 Å². The number of hydrogen-bond donors (Lipinski definition) is 1. The fourth-order valence-corrected chi connectivity index (χ4v) is 0.868. The van der Waals surface area contributed by atoms with Gasteiger partial charge in [-0.05, 0) is 6.42 Å². The van der Waals surface area contributed by atoms with Gasteiger partial charge in [0.1, 0.15) is 0 Å². The molecule has 1 rings (SSSR count). The fraction of sp³-hybridized carbons (Fsp3) is 1.00. The third kappa shape index (κ3) is 3.62. The zero-order valence-electron chi connectivity index (χ0n) is 6.35. The first kappa shape index (κ1) is 8.87. The largest absolute Gasteiger partial charge is 0.376 e. The van der Waals surface area contributed by atoms with E-state index in [4.69, 9.17) is 4.74 Å². The molecule has 1 aliphatic rings. The Hall–Kier alpha value is -0.220. The smallest absolute Gasteiger partial charge is 0.238 e. The molecule has 4 heteroatoms. The maximum absolute atomic E-state index is 11.6. The Bertz CT molecular complexity index is 107. The molecule has 1 aliphatic heterocycles. The molecule has 0 atom stereocenters. The first-order valence-electron chi connectivity index (χ1n) is 3.89. The van der Waals surface area contributed by atoms with Gasteiger partial charge >= 0.3 is 0 Å². The van der Waals surface area contributed by atoms with Gasteiger partial charge in [-0.15, -0.1) is 0 Å². The monoisotopic (exact) mass is 165 g/mol. The van der Waals surface area contributed by atoms with Gasteiger partial charge in [0.05, 0.1) is 6.10 Å². The summed E-state index contributed by atoms with van der Waals surface area (Å²) in [5.41, 5.74) is 0. The zero-order valence-corrected chi connectivity index (χ0v) is 6.35. The highest BCUT2D eigenvalue weighted by atomic mass is 19.3. The summed E-state index contributed by atoms with van der Waals surface area (Å²) in [7, 11) is 0. The molecule has 1 heterocycles. The Kier molecular flexibility index (Phi) is 3.72. The Morgan fingerprint density at radius 2 is 2.18 bits per heavy atom. The molecule has 11 heavy (non-hydrogen) atoms. The SMILES string of the molecule is FC(F)CCCOC1CNC1. The first-order valence-corrected chi connectivity index (χ1v) is 3.89. The molecule has 1 N–H and O–H groups in total. The summed E-state index contributed by atoms with van der Waals surface area (Å²) in [5, 5.41) is 3.04. The molecule has 2 nitrogen and oxygen atoms in total. The first-order chi connectivity index (χ1) is 5.29. The van der Waals surface area contributed by atoms with Crippen LogP contribution < -0.4 is 5.32 Å². The van der Waals surface area contributed by atoms with Crippen molar-refractivity contribution >= 4 is 0 Å². The summed E-state index contributed by atoms with van der Waals surface area (Å²) >= 11 is 0. The molecule has 0 bridgehead atoms. The van der Waals surface area contributed by atoms with Crippen LogP contribution in [0.1, 0.15) is 12.8 Å². The van der Waals surface area contributed by atoms with Crippen molar-refractivity contribution in [3.8, 4) is 0 Å². The van der Waals surface area contributed by atoms with Crippen molar-refractivity contribution in [2.24, 2.45) is 0 Å². The second-order valence-electron chi connectivity index (χ2n) is 2.68. The van der Waals surface area contributed by atoms with Crippen molar-refractivity contribution in [1.82, 2.24) is 5.32 Å². The standard InChI is InChI=1S/C7H13F2NO/c8-7(9)2-1-3-11-6-4-10-5-6/h6-7,10H,1-5H2. The van der Waals surface area contributed by atoms with E-state index in [-0.39, 0.29) is 12.5 Å². The molecule has 0 unspecified atom stereocenters. The second-order valence-corrected chi connectivity index (χ2v) is 2.68. The number of ether oxygens (including phenoxy) is 1. The van der Waals surface area contributed by atoms with E-state index in [0.717, 1.165) is 13.1 Å². The van der Waals surface area contributed by atoms with Crippen molar-refractivity contribution in [1.29, 1.82) is 0 Å². The molecule has 0 saturated carbocycles. The van der Waals surface area contributed by atoms with Crippen LogP contribution in [-0.4, -0.2) is 32.2 Å². The van der Waals surface area contributed by atoms with Gasteiger partial charge in [-0.2, -0.15) is 0 Å². The summed E-state index contributed by atoms with van der Waals surface area (Å²) in [6, 6.07) is 0. The van der Waals surface area contributed by atoms with Crippen LogP contribution in [0, 0.1) is 0 Å². The van der Waals surface area contributed by atoms with E-state index in [1.54, 1.807) is 0 Å². The molecule has 0 radical (unpaired) electrons. The van der Waals surface area contributed by atoms with Crippen LogP contribution in [0.25, 0.3) is 0 Å². The number of halogens is 2. The predicted octanol–water partition coefficient (Wildman–Crippen LogP) is 1.02. The molecular formula is C7H13F2NO. The molecule has 0 spiro atoms. The van der Waals surface area contributed by atoms with E-state index in [1.807, 2.05) is 0 Å². The maximum atomic E-state index is 11.6. The van der Waals surface area contributed by atoms with Gasteiger partial charge in [0.2, 0.25) is 6.43 Å². The molecule has 1 fully saturated rings. The summed E-state index contributed by atoms with van der Waals surface area (Å²) in [6.45, 7) is 2.21. The Morgan fingerprint density at radius 1 is 1.45 bits per heavy atom. The lowest BCUT2D eigenvalue weighted by Gasteiger charge is -2.26. The highest BCUT2D eigenvalue weighted by Gasteiger charge is 2.16. The van der Waals surface area contributed by atoms with Gasteiger partial charge in [0.25, 0.3) is 0 Å². The average Bonchev–Trinajstić information content (AvgIpc) is 1.82. The quantitative estimate of drug-likeness (QED) is 0.614. The summed E-state index contributed by atoms with van der Waals surface area (Å²) in [6.07, 6.45) is -1.49. The van der Waals surface area contributed by atoms with Crippen LogP contribution >= 0.6 is 0 Å². The van der Waals surface area contributed by atoms with Crippen molar-refractivity contribution in [2.75, 3.05) is 19.7 Å². The van der Waals surface area contributed by atoms with E-state index in [0.29, 0.717) is 13.0 Å². The predicted molar refractivity (Wildman–Crippen MR) is 37.8 cm³/mol. The number of nitrogens with one attached hydrogen (secondary N) is 1. The zero-order chi connectivity index (χ0) is 8.10. The molecule has 0 aromatic carbocycles. The summed E-state index contributed by atoms with van der Waals surface area (Å²) in [5.74, 6) is 0. The molecule has 66 valence electrons. The average molecular weight is 165 g/mol. The minimum Gasteiger partial charge on any atom is -0.376 e. The van der Waals surface area contributed by atoms with Gasteiger partial charge in [0.15, 0.2) is 0 Å². The van der Waals surface area contributed by atoms with Crippen LogP contribution in [0.3, 0.4) is 0 Å². The van der Waals surface area contributed by atoms with Gasteiger partial charge < -0.3 is 10.1 Å². The number of alkyl halides is 2. The topological polar surface area (TPSA) is 21.3 Å². The van der Waals surface area contributed by atoms with Crippen LogP contribution in [0.15, 0.2) is 0 Å². The lowest BCUT2D eigenvalue weighted by Crippen LogP contribution is -2.48. The molecule has 0 aromatic rings. The lowest BCUT2D eigenvalue weighted by molar-refractivity contribution is 0.0104. The van der Waals surface area contributed by atoms with Gasteiger partial charge in [-0.3, -0.25) is 0 Å². The number of rotatable bonds is 5. The van der Waals surface area contributed by atoms with Crippen molar-refractivity contribution in [3.63, 3.8) is 0 Å². The third-order valence-electron chi connectivity index (χ3n) is 1.66. The summed E-state index contributed by atoms with van der Waals surface area (Å²) < 4.78 is 28.4. The van der Waals surface area contributed by atoms with Gasteiger partial charge in [0, 0.05) is 26.1 Å².